The second-order valence-electron chi connectivity index (χ2n) is 4.63. The molecule has 3 aromatic rings. The molecule has 0 aliphatic heterocycles. The van der Waals surface area contributed by atoms with E-state index in [0.29, 0.717) is 0 Å². The van der Waals surface area contributed by atoms with Crippen LogP contribution in [0.3, 0.4) is 0 Å². The van der Waals surface area contributed by atoms with Crippen LogP contribution in [0, 0.1) is 11.6 Å². The predicted octanol–water partition coefficient (Wildman–Crippen LogP) is 5.86. The fraction of sp³-hybridized carbons (Fsp3) is 0.125. The van der Waals surface area contributed by atoms with Gasteiger partial charge in [0, 0.05) is 9.58 Å². The van der Waals surface area contributed by atoms with E-state index in [9.17, 15) is 8.78 Å². The second kappa shape index (κ2) is 5.62. The molecule has 3 rings (SSSR count). The van der Waals surface area contributed by atoms with Crippen molar-refractivity contribution in [3.8, 4) is 0 Å². The Bertz CT molecular complexity index is 734. The van der Waals surface area contributed by atoms with Crippen molar-refractivity contribution in [2.75, 3.05) is 0 Å². The van der Waals surface area contributed by atoms with Gasteiger partial charge in [0.1, 0.15) is 11.6 Å². The molecule has 2 aromatic carbocycles. The van der Waals surface area contributed by atoms with Crippen molar-refractivity contribution in [1.82, 2.24) is 0 Å². The van der Waals surface area contributed by atoms with Gasteiger partial charge in [-0.25, -0.2) is 8.78 Å². The summed E-state index contributed by atoms with van der Waals surface area (Å²) in [6.45, 7) is 0. The molecule has 4 heteroatoms. The molecule has 0 bridgehead atoms. The van der Waals surface area contributed by atoms with Gasteiger partial charge in [-0.15, -0.1) is 11.3 Å². The predicted molar refractivity (Wildman–Crippen MR) is 83.6 cm³/mol. The maximum Gasteiger partial charge on any atom is 0.124 e. The number of rotatable bonds is 3. The summed E-state index contributed by atoms with van der Waals surface area (Å²) in [7, 11) is 0. The van der Waals surface area contributed by atoms with Crippen molar-refractivity contribution in [3.05, 3.63) is 70.6 Å². The van der Waals surface area contributed by atoms with Crippen LogP contribution in [0.5, 0.6) is 0 Å². The summed E-state index contributed by atoms with van der Waals surface area (Å²) in [5.74, 6) is -0.437. The largest absolute Gasteiger partial charge is 0.207 e. The average molecular weight is 353 g/mol. The van der Waals surface area contributed by atoms with Crippen LogP contribution < -0.4 is 0 Å². The summed E-state index contributed by atoms with van der Waals surface area (Å²) in [5.41, 5.74) is 1.07. The molecular formula is C16H11BrF2S. The van der Waals surface area contributed by atoms with Gasteiger partial charge in [0.25, 0.3) is 0 Å². The first-order valence-corrected chi connectivity index (χ1v) is 7.92. The number of hydrogen-bond acceptors (Lipinski definition) is 1. The monoisotopic (exact) mass is 352 g/mol. The highest BCUT2D eigenvalue weighted by molar-refractivity contribution is 9.09. The van der Waals surface area contributed by atoms with E-state index >= 15 is 0 Å². The van der Waals surface area contributed by atoms with E-state index in [-0.39, 0.29) is 16.5 Å². The summed E-state index contributed by atoms with van der Waals surface area (Å²) < 4.78 is 27.0. The topological polar surface area (TPSA) is 0 Å². The lowest BCUT2D eigenvalue weighted by molar-refractivity contribution is 0.627. The Morgan fingerprint density at radius 1 is 0.950 bits per heavy atom. The van der Waals surface area contributed by atoms with Crippen LogP contribution in [0.2, 0.25) is 0 Å². The lowest BCUT2D eigenvalue weighted by atomic mass is 10.1. The summed E-state index contributed by atoms with van der Waals surface area (Å²) >= 11 is 5.24. The highest BCUT2D eigenvalue weighted by Crippen LogP contribution is 2.36. The molecule has 0 saturated carbocycles. The van der Waals surface area contributed by atoms with Gasteiger partial charge in [-0.05, 0) is 47.7 Å². The molecule has 0 fully saturated rings. The van der Waals surface area contributed by atoms with E-state index in [1.54, 1.807) is 35.6 Å². The van der Waals surface area contributed by atoms with E-state index in [1.165, 1.54) is 18.2 Å². The standard InChI is InChI=1S/C16H11BrF2S/c17-14(7-10-1-4-12(18)5-2-10)16-8-11-3-6-13(19)9-15(11)20-16/h1-6,8-9,14H,7H2. The van der Waals surface area contributed by atoms with Crippen molar-refractivity contribution in [1.29, 1.82) is 0 Å². The van der Waals surface area contributed by atoms with Crippen molar-refractivity contribution in [2.45, 2.75) is 11.2 Å². The molecule has 1 atom stereocenters. The van der Waals surface area contributed by atoms with E-state index in [4.69, 9.17) is 0 Å². The average Bonchev–Trinajstić information content (AvgIpc) is 2.84. The number of thiophene rings is 1. The van der Waals surface area contributed by atoms with Crippen LogP contribution in [0.1, 0.15) is 15.3 Å². The van der Waals surface area contributed by atoms with E-state index < -0.39 is 0 Å². The summed E-state index contributed by atoms with van der Waals surface area (Å²) in [6, 6.07) is 13.4. The third kappa shape index (κ3) is 2.91. The van der Waals surface area contributed by atoms with Crippen LogP contribution >= 0.6 is 27.3 Å². The molecule has 20 heavy (non-hydrogen) atoms. The van der Waals surface area contributed by atoms with Gasteiger partial charge in [0.05, 0.1) is 4.83 Å². The number of alkyl halides is 1. The SMILES string of the molecule is Fc1ccc(CC(Br)c2cc3ccc(F)cc3s2)cc1. The lowest BCUT2D eigenvalue weighted by Gasteiger charge is -2.07. The van der Waals surface area contributed by atoms with Gasteiger partial charge in [0.15, 0.2) is 0 Å². The van der Waals surface area contributed by atoms with Crippen molar-refractivity contribution in [3.63, 3.8) is 0 Å². The molecule has 0 spiro atoms. The van der Waals surface area contributed by atoms with E-state index in [0.717, 1.165) is 26.9 Å². The minimum Gasteiger partial charge on any atom is -0.207 e. The molecule has 0 saturated heterocycles. The minimum absolute atomic E-state index is 0.147. The molecule has 102 valence electrons. The maximum absolute atomic E-state index is 13.2. The molecule has 1 heterocycles. The molecular weight excluding hydrogens is 342 g/mol. The van der Waals surface area contributed by atoms with Gasteiger partial charge in [0.2, 0.25) is 0 Å². The minimum atomic E-state index is -0.225. The Balaban J connectivity index is 1.84. The summed E-state index contributed by atoms with van der Waals surface area (Å²) in [6.07, 6.45) is 0.773. The Kier molecular flexibility index (Phi) is 3.85. The van der Waals surface area contributed by atoms with Crippen LogP contribution in [0.15, 0.2) is 48.5 Å². The van der Waals surface area contributed by atoms with Gasteiger partial charge >= 0.3 is 0 Å². The number of hydrogen-bond donors (Lipinski definition) is 0. The fourth-order valence-corrected chi connectivity index (χ4v) is 3.96. The zero-order valence-corrected chi connectivity index (χ0v) is 12.8. The number of halogens is 3. The smallest absolute Gasteiger partial charge is 0.124 e. The molecule has 1 aromatic heterocycles. The number of benzene rings is 2. The van der Waals surface area contributed by atoms with Gasteiger partial charge < -0.3 is 0 Å². The maximum atomic E-state index is 13.2. The third-order valence-electron chi connectivity index (χ3n) is 3.14. The van der Waals surface area contributed by atoms with Crippen LogP contribution in [-0.2, 0) is 6.42 Å². The number of fused-ring (bicyclic) bond motifs is 1. The zero-order valence-electron chi connectivity index (χ0n) is 10.4. The fourth-order valence-electron chi connectivity index (χ4n) is 2.11. The first-order valence-electron chi connectivity index (χ1n) is 6.19. The molecule has 1 unspecified atom stereocenters. The Morgan fingerprint density at radius 3 is 2.40 bits per heavy atom. The van der Waals surface area contributed by atoms with Crippen LogP contribution in [-0.4, -0.2) is 0 Å². The lowest BCUT2D eigenvalue weighted by Crippen LogP contribution is -1.92. The molecule has 0 N–H and O–H groups in total. The van der Waals surface area contributed by atoms with Crippen LogP contribution in [0.25, 0.3) is 10.1 Å². The quantitative estimate of drug-likeness (QED) is 0.518. The van der Waals surface area contributed by atoms with Crippen molar-refractivity contribution < 1.29 is 8.78 Å². The first-order chi connectivity index (χ1) is 9.61. The van der Waals surface area contributed by atoms with E-state index in [2.05, 4.69) is 22.0 Å². The Hall–Kier alpha value is -1.26. The highest BCUT2D eigenvalue weighted by Gasteiger charge is 2.12. The second-order valence-corrected chi connectivity index (χ2v) is 6.85. The van der Waals surface area contributed by atoms with Gasteiger partial charge in [-0.1, -0.05) is 34.1 Å². The molecule has 0 aliphatic carbocycles. The first kappa shape index (κ1) is 13.7. The summed E-state index contributed by atoms with van der Waals surface area (Å²) in [4.78, 5) is 1.29. The molecule has 0 radical (unpaired) electrons. The van der Waals surface area contributed by atoms with Gasteiger partial charge in [-0.3, -0.25) is 0 Å². The normalized spacial score (nSPS) is 12.8. The molecule has 0 nitrogen and oxygen atoms in total. The zero-order chi connectivity index (χ0) is 14.1. The Morgan fingerprint density at radius 2 is 1.65 bits per heavy atom. The van der Waals surface area contributed by atoms with Crippen molar-refractivity contribution in [2.24, 2.45) is 0 Å². The van der Waals surface area contributed by atoms with Crippen molar-refractivity contribution >= 4 is 37.4 Å². The van der Waals surface area contributed by atoms with E-state index in [1.807, 2.05) is 0 Å². The van der Waals surface area contributed by atoms with Gasteiger partial charge in [-0.2, -0.15) is 0 Å². The highest BCUT2D eigenvalue weighted by atomic mass is 79.9. The van der Waals surface area contributed by atoms with Crippen LogP contribution in [0.4, 0.5) is 8.78 Å². The summed E-state index contributed by atoms with van der Waals surface area (Å²) in [5, 5.41) is 1.05. The Labute approximate surface area is 128 Å². The molecule has 0 amide bonds. The third-order valence-corrected chi connectivity index (χ3v) is 5.47. The molecule has 0 aliphatic rings.